The van der Waals surface area contributed by atoms with E-state index in [0.717, 1.165) is 12.5 Å². The number of nitriles is 1. The predicted molar refractivity (Wildman–Crippen MR) is 33.6 cm³/mol. The molecule has 2 rings (SSSR count). The quantitative estimate of drug-likeness (QED) is 0.466. The molecule has 2 bridgehead atoms. The minimum absolute atomic E-state index is 0.360. The maximum Gasteiger partial charge on any atom is 0.0672 e. The van der Waals surface area contributed by atoms with Crippen molar-refractivity contribution in [2.45, 2.75) is 6.42 Å². The van der Waals surface area contributed by atoms with Crippen LogP contribution in [0.3, 0.4) is 0 Å². The number of nitrogens with zero attached hydrogens (tertiary/aromatic N) is 2. The second-order valence-electron chi connectivity index (χ2n) is 3.04. The zero-order chi connectivity index (χ0) is 6.27. The highest BCUT2D eigenvalue weighted by molar-refractivity contribution is 5.00. The smallest absolute Gasteiger partial charge is 0.0672 e. The van der Waals surface area contributed by atoms with E-state index >= 15 is 0 Å². The zero-order valence-electron chi connectivity index (χ0n) is 5.38. The summed E-state index contributed by atoms with van der Waals surface area (Å²) in [6.07, 6.45) is 1.26. The largest absolute Gasteiger partial charge is 0.302 e. The summed E-state index contributed by atoms with van der Waals surface area (Å²) in [6, 6.07) is 2.35. The second kappa shape index (κ2) is 1.71. The third-order valence-electron chi connectivity index (χ3n) is 2.50. The first-order chi connectivity index (χ1) is 4.40. The Hall–Kier alpha value is -0.550. The Balaban J connectivity index is 2.12. The first-order valence-electron chi connectivity index (χ1n) is 3.52. The van der Waals surface area contributed by atoms with Crippen molar-refractivity contribution in [1.29, 1.82) is 5.26 Å². The van der Waals surface area contributed by atoms with Crippen LogP contribution in [0.15, 0.2) is 0 Å². The van der Waals surface area contributed by atoms with Crippen LogP contribution in [0.25, 0.3) is 0 Å². The molecule has 3 atom stereocenters. The standard InChI is InChI=1S/C7H10N2/c8-3-7-5-9-2-1-6(7)4-9/h6-7H,1-2,4-5H2. The van der Waals surface area contributed by atoms with Gasteiger partial charge < -0.3 is 4.90 Å². The fraction of sp³-hybridized carbons (Fsp3) is 0.857. The molecule has 0 aromatic heterocycles. The maximum atomic E-state index is 8.61. The monoisotopic (exact) mass is 122 g/mol. The van der Waals surface area contributed by atoms with Gasteiger partial charge in [0.15, 0.2) is 0 Å². The molecule has 9 heavy (non-hydrogen) atoms. The molecule has 2 aliphatic heterocycles. The molecular weight excluding hydrogens is 112 g/mol. The van der Waals surface area contributed by atoms with Crippen LogP contribution in [0, 0.1) is 23.2 Å². The van der Waals surface area contributed by atoms with E-state index < -0.39 is 0 Å². The molecule has 2 aliphatic rings. The van der Waals surface area contributed by atoms with Gasteiger partial charge in [-0.1, -0.05) is 0 Å². The molecule has 3 unspecified atom stereocenters. The van der Waals surface area contributed by atoms with Crippen molar-refractivity contribution in [2.24, 2.45) is 11.8 Å². The van der Waals surface area contributed by atoms with Gasteiger partial charge in [-0.3, -0.25) is 0 Å². The van der Waals surface area contributed by atoms with Crippen LogP contribution in [0.5, 0.6) is 0 Å². The summed E-state index contributed by atoms with van der Waals surface area (Å²) in [5, 5.41) is 8.61. The van der Waals surface area contributed by atoms with E-state index in [9.17, 15) is 0 Å². The van der Waals surface area contributed by atoms with Gasteiger partial charge in [0, 0.05) is 13.1 Å². The van der Waals surface area contributed by atoms with Gasteiger partial charge in [-0.2, -0.15) is 5.26 Å². The Labute approximate surface area is 55.1 Å². The Kier molecular flexibility index (Phi) is 1.000. The SMILES string of the molecule is N#CC1CN2CCC1C2. The number of hydrogen-bond donors (Lipinski definition) is 0. The maximum absolute atomic E-state index is 8.61. The molecule has 0 amide bonds. The van der Waals surface area contributed by atoms with Crippen LogP contribution in [0.4, 0.5) is 0 Å². The van der Waals surface area contributed by atoms with Crippen molar-refractivity contribution >= 4 is 0 Å². The highest BCUT2D eigenvalue weighted by Gasteiger charge is 2.37. The average Bonchev–Trinajstić information content (AvgIpc) is 2.45. The third-order valence-corrected chi connectivity index (χ3v) is 2.50. The van der Waals surface area contributed by atoms with Crippen LogP contribution in [-0.2, 0) is 0 Å². The molecule has 2 heterocycles. The molecular formula is C7H10N2. The Bertz CT molecular complexity index is 159. The van der Waals surface area contributed by atoms with Crippen molar-refractivity contribution in [3.8, 4) is 6.07 Å². The lowest BCUT2D eigenvalue weighted by Gasteiger charge is -2.14. The molecule has 0 radical (unpaired) electrons. The zero-order valence-corrected chi connectivity index (χ0v) is 5.38. The highest BCUT2D eigenvalue weighted by Crippen LogP contribution is 2.31. The summed E-state index contributed by atoms with van der Waals surface area (Å²) < 4.78 is 0. The van der Waals surface area contributed by atoms with Gasteiger partial charge in [0.1, 0.15) is 0 Å². The van der Waals surface area contributed by atoms with Gasteiger partial charge >= 0.3 is 0 Å². The molecule has 2 nitrogen and oxygen atoms in total. The minimum Gasteiger partial charge on any atom is -0.302 e. The first kappa shape index (κ1) is 5.25. The average molecular weight is 122 g/mol. The van der Waals surface area contributed by atoms with Gasteiger partial charge in [-0.15, -0.1) is 0 Å². The molecule has 2 saturated heterocycles. The lowest BCUT2D eigenvalue weighted by Crippen LogP contribution is -2.22. The van der Waals surface area contributed by atoms with Crippen molar-refractivity contribution < 1.29 is 0 Å². The molecule has 2 heteroatoms. The summed E-state index contributed by atoms with van der Waals surface area (Å²) in [4.78, 5) is 2.39. The van der Waals surface area contributed by atoms with Crippen LogP contribution in [0.2, 0.25) is 0 Å². The minimum atomic E-state index is 0.360. The summed E-state index contributed by atoms with van der Waals surface area (Å²) in [7, 11) is 0. The van der Waals surface area contributed by atoms with Gasteiger partial charge in [0.25, 0.3) is 0 Å². The number of fused-ring (bicyclic) bond motifs is 2. The van der Waals surface area contributed by atoms with Crippen molar-refractivity contribution in [1.82, 2.24) is 4.90 Å². The lowest BCUT2D eigenvalue weighted by atomic mass is 9.94. The Morgan fingerprint density at radius 3 is 2.67 bits per heavy atom. The topological polar surface area (TPSA) is 27.0 Å². The summed E-state index contributed by atoms with van der Waals surface area (Å²) >= 11 is 0. The van der Waals surface area contributed by atoms with Crippen LogP contribution in [-0.4, -0.2) is 24.5 Å². The number of rotatable bonds is 0. The van der Waals surface area contributed by atoms with E-state index in [2.05, 4.69) is 11.0 Å². The Morgan fingerprint density at radius 2 is 2.33 bits per heavy atom. The van der Waals surface area contributed by atoms with Gasteiger partial charge in [-0.05, 0) is 18.9 Å². The normalized spacial score (nSPS) is 47.2. The van der Waals surface area contributed by atoms with E-state index in [1.807, 2.05) is 0 Å². The third kappa shape index (κ3) is 0.650. The fourth-order valence-corrected chi connectivity index (χ4v) is 1.93. The van der Waals surface area contributed by atoms with E-state index in [0.29, 0.717) is 5.92 Å². The van der Waals surface area contributed by atoms with Gasteiger partial charge in [-0.25, -0.2) is 0 Å². The summed E-state index contributed by atoms with van der Waals surface area (Å²) in [5.41, 5.74) is 0. The van der Waals surface area contributed by atoms with Crippen molar-refractivity contribution in [3.63, 3.8) is 0 Å². The van der Waals surface area contributed by atoms with E-state index in [1.165, 1.54) is 19.5 Å². The fourth-order valence-electron chi connectivity index (χ4n) is 1.93. The van der Waals surface area contributed by atoms with Crippen LogP contribution >= 0.6 is 0 Å². The second-order valence-corrected chi connectivity index (χ2v) is 3.04. The summed E-state index contributed by atoms with van der Waals surface area (Å²) in [6.45, 7) is 3.47. The summed E-state index contributed by atoms with van der Waals surface area (Å²) in [5.74, 6) is 1.08. The van der Waals surface area contributed by atoms with Gasteiger partial charge in [0.05, 0.1) is 12.0 Å². The molecule has 0 N–H and O–H groups in total. The van der Waals surface area contributed by atoms with E-state index in [4.69, 9.17) is 5.26 Å². The molecule has 0 aromatic carbocycles. The number of hydrogen-bond acceptors (Lipinski definition) is 2. The molecule has 0 saturated carbocycles. The van der Waals surface area contributed by atoms with Gasteiger partial charge in [0.2, 0.25) is 0 Å². The molecule has 0 spiro atoms. The van der Waals surface area contributed by atoms with E-state index in [1.54, 1.807) is 0 Å². The number of piperidine rings is 1. The van der Waals surface area contributed by atoms with Crippen molar-refractivity contribution in [2.75, 3.05) is 19.6 Å². The van der Waals surface area contributed by atoms with E-state index in [-0.39, 0.29) is 0 Å². The highest BCUT2D eigenvalue weighted by atomic mass is 15.2. The molecule has 0 aromatic rings. The predicted octanol–water partition coefficient (Wildman–Crippen LogP) is 0.462. The van der Waals surface area contributed by atoms with Crippen LogP contribution < -0.4 is 0 Å². The first-order valence-corrected chi connectivity index (χ1v) is 3.52. The van der Waals surface area contributed by atoms with Crippen molar-refractivity contribution in [3.05, 3.63) is 0 Å². The molecule has 48 valence electrons. The van der Waals surface area contributed by atoms with Crippen LogP contribution in [0.1, 0.15) is 6.42 Å². The Morgan fingerprint density at radius 1 is 1.44 bits per heavy atom. The molecule has 2 fully saturated rings. The molecule has 0 aliphatic carbocycles. The lowest BCUT2D eigenvalue weighted by molar-refractivity contribution is 0.338.